The molecule has 1 aliphatic carbocycles. The number of guanidine groups is 1. The number of aliphatic imine (C=N–C) groups is 1. The molecule has 2 rings (SSSR count). The average Bonchev–Trinajstić information content (AvgIpc) is 3.22. The van der Waals surface area contributed by atoms with E-state index in [-0.39, 0.29) is 46.5 Å². The van der Waals surface area contributed by atoms with Gasteiger partial charge in [-0.05, 0) is 38.7 Å². The first-order valence-electron chi connectivity index (χ1n) is 7.34. The molecule has 0 aliphatic heterocycles. The molecule has 1 fully saturated rings. The van der Waals surface area contributed by atoms with E-state index in [0.29, 0.717) is 10.6 Å². The molecule has 0 aromatic heterocycles. The van der Waals surface area contributed by atoms with Gasteiger partial charge in [0.15, 0.2) is 5.96 Å². The van der Waals surface area contributed by atoms with Crippen LogP contribution in [0, 0.1) is 5.82 Å². The quantitative estimate of drug-likeness (QED) is 0.383. The summed E-state index contributed by atoms with van der Waals surface area (Å²) >= 11 is 7.93. The lowest BCUT2D eigenvalue weighted by Crippen LogP contribution is -2.44. The molecule has 0 radical (unpaired) electrons. The summed E-state index contributed by atoms with van der Waals surface area (Å²) in [6, 6.07) is 5.02. The molecule has 0 heterocycles. The lowest BCUT2D eigenvalue weighted by atomic mass is 10.1. The molecule has 0 spiro atoms. The predicted molar refractivity (Wildman–Crippen MR) is 110 cm³/mol. The Morgan fingerprint density at radius 3 is 2.74 bits per heavy atom. The molecule has 0 amide bonds. The zero-order chi connectivity index (χ0) is 16.3. The van der Waals surface area contributed by atoms with Crippen LogP contribution in [0.15, 0.2) is 23.2 Å². The Labute approximate surface area is 164 Å². The molecular weight excluding hydrogens is 448 g/mol. The van der Waals surface area contributed by atoms with Gasteiger partial charge < -0.3 is 10.6 Å². The van der Waals surface area contributed by atoms with Gasteiger partial charge in [-0.15, -0.1) is 24.0 Å². The van der Waals surface area contributed by atoms with Crippen molar-refractivity contribution in [2.45, 2.75) is 37.0 Å². The molecule has 23 heavy (non-hydrogen) atoms. The third-order valence-corrected chi connectivity index (χ3v) is 5.52. The molecule has 2 unspecified atom stereocenters. The second-order valence-corrected chi connectivity index (χ2v) is 8.04. The van der Waals surface area contributed by atoms with Crippen molar-refractivity contribution in [3.8, 4) is 0 Å². The van der Waals surface area contributed by atoms with Gasteiger partial charge in [-0.25, -0.2) is 4.39 Å². The normalized spacial score (nSPS) is 20.7. The standard InChI is InChI=1S/C16H23ClFN3S.HI/c1-16(2,22-4)9-20-15(19-3)21-13-8-10(13)14-11(17)6-5-7-12(14)18;/h5-7,10,13H,8-9H2,1-4H3,(H2,19,20,21);1H. The Morgan fingerprint density at radius 2 is 2.17 bits per heavy atom. The SMILES string of the molecule is CN=C(NCC(C)(C)SC)NC1CC1c1c(F)cccc1Cl.I. The lowest BCUT2D eigenvalue weighted by Gasteiger charge is -2.23. The second kappa shape index (κ2) is 8.76. The van der Waals surface area contributed by atoms with E-state index in [9.17, 15) is 4.39 Å². The van der Waals surface area contributed by atoms with E-state index in [4.69, 9.17) is 11.6 Å². The Kier molecular flexibility index (Phi) is 7.93. The van der Waals surface area contributed by atoms with Crippen LogP contribution in [-0.2, 0) is 0 Å². The van der Waals surface area contributed by atoms with Gasteiger partial charge in [0.2, 0.25) is 0 Å². The fraction of sp³-hybridized carbons (Fsp3) is 0.562. The van der Waals surface area contributed by atoms with Crippen LogP contribution in [0.5, 0.6) is 0 Å². The number of rotatable bonds is 5. The molecule has 1 aliphatic rings. The van der Waals surface area contributed by atoms with Crippen molar-refractivity contribution in [3.63, 3.8) is 0 Å². The maximum Gasteiger partial charge on any atom is 0.191 e. The lowest BCUT2D eigenvalue weighted by molar-refractivity contribution is 0.607. The summed E-state index contributed by atoms with van der Waals surface area (Å²) in [6.45, 7) is 5.17. The van der Waals surface area contributed by atoms with Crippen molar-refractivity contribution in [1.82, 2.24) is 10.6 Å². The summed E-state index contributed by atoms with van der Waals surface area (Å²) in [6.07, 6.45) is 2.96. The highest BCUT2D eigenvalue weighted by molar-refractivity contribution is 14.0. The largest absolute Gasteiger partial charge is 0.355 e. The molecule has 1 saturated carbocycles. The Bertz CT molecular complexity index is 548. The van der Waals surface area contributed by atoms with Crippen molar-refractivity contribution in [2.75, 3.05) is 19.8 Å². The molecule has 0 saturated heterocycles. The first-order chi connectivity index (χ1) is 10.4. The molecular formula is C16H24ClFIN3S. The van der Waals surface area contributed by atoms with E-state index in [2.05, 4.69) is 35.7 Å². The minimum absolute atomic E-state index is 0. The fourth-order valence-corrected chi connectivity index (χ4v) is 2.80. The highest BCUT2D eigenvalue weighted by atomic mass is 127. The van der Waals surface area contributed by atoms with E-state index in [1.807, 2.05) is 0 Å². The number of nitrogens with one attached hydrogen (secondary N) is 2. The van der Waals surface area contributed by atoms with Crippen LogP contribution in [-0.4, -0.2) is 36.6 Å². The summed E-state index contributed by atoms with van der Waals surface area (Å²) in [5.41, 5.74) is 0.613. The second-order valence-electron chi connectivity index (χ2n) is 6.12. The number of benzene rings is 1. The zero-order valence-corrected chi connectivity index (χ0v) is 17.7. The Balaban J connectivity index is 0.00000264. The molecule has 0 bridgehead atoms. The highest BCUT2D eigenvalue weighted by Crippen LogP contribution is 2.44. The molecule has 7 heteroatoms. The number of hydrogen-bond acceptors (Lipinski definition) is 2. The minimum Gasteiger partial charge on any atom is -0.355 e. The van der Waals surface area contributed by atoms with Crippen LogP contribution in [0.3, 0.4) is 0 Å². The van der Waals surface area contributed by atoms with E-state index < -0.39 is 0 Å². The topological polar surface area (TPSA) is 36.4 Å². The average molecular weight is 472 g/mol. The maximum absolute atomic E-state index is 13.9. The van der Waals surface area contributed by atoms with E-state index in [1.165, 1.54) is 6.07 Å². The van der Waals surface area contributed by atoms with Crippen LogP contribution in [0.1, 0.15) is 31.7 Å². The zero-order valence-electron chi connectivity index (χ0n) is 13.8. The van der Waals surface area contributed by atoms with Crippen LogP contribution in [0.2, 0.25) is 5.02 Å². The monoisotopic (exact) mass is 471 g/mol. The van der Waals surface area contributed by atoms with Gasteiger partial charge in [-0.1, -0.05) is 17.7 Å². The van der Waals surface area contributed by atoms with Gasteiger partial charge in [0.1, 0.15) is 5.82 Å². The van der Waals surface area contributed by atoms with Gasteiger partial charge in [0, 0.05) is 40.9 Å². The van der Waals surface area contributed by atoms with Gasteiger partial charge >= 0.3 is 0 Å². The number of nitrogens with zero attached hydrogens (tertiary/aromatic N) is 1. The number of hydrogen-bond donors (Lipinski definition) is 2. The molecule has 1 aromatic rings. The van der Waals surface area contributed by atoms with Gasteiger partial charge in [-0.2, -0.15) is 11.8 Å². The van der Waals surface area contributed by atoms with Gasteiger partial charge in [0.05, 0.1) is 0 Å². The summed E-state index contributed by atoms with van der Waals surface area (Å²) in [7, 11) is 1.74. The molecule has 3 nitrogen and oxygen atoms in total. The van der Waals surface area contributed by atoms with E-state index in [1.54, 1.807) is 30.9 Å². The molecule has 2 N–H and O–H groups in total. The van der Waals surface area contributed by atoms with Crippen molar-refractivity contribution in [2.24, 2.45) is 4.99 Å². The maximum atomic E-state index is 13.9. The summed E-state index contributed by atoms with van der Waals surface area (Å²) in [5, 5.41) is 7.17. The van der Waals surface area contributed by atoms with E-state index in [0.717, 1.165) is 18.9 Å². The third-order valence-electron chi connectivity index (χ3n) is 3.94. The number of thioether (sulfide) groups is 1. The minimum atomic E-state index is -0.228. The van der Waals surface area contributed by atoms with Crippen LogP contribution in [0.4, 0.5) is 4.39 Å². The van der Waals surface area contributed by atoms with Crippen LogP contribution in [0.25, 0.3) is 0 Å². The Hall–Kier alpha value is -0.210. The fourth-order valence-electron chi connectivity index (χ4n) is 2.28. The smallest absolute Gasteiger partial charge is 0.191 e. The molecule has 2 atom stereocenters. The highest BCUT2D eigenvalue weighted by Gasteiger charge is 2.42. The summed E-state index contributed by atoms with van der Waals surface area (Å²) in [5.74, 6) is 0.635. The van der Waals surface area contributed by atoms with Crippen molar-refractivity contribution < 1.29 is 4.39 Å². The van der Waals surface area contributed by atoms with Gasteiger partial charge in [0.25, 0.3) is 0 Å². The molecule has 130 valence electrons. The summed E-state index contributed by atoms with van der Waals surface area (Å²) < 4.78 is 14.1. The molecule has 1 aromatic carbocycles. The van der Waals surface area contributed by atoms with Crippen molar-refractivity contribution in [3.05, 3.63) is 34.6 Å². The van der Waals surface area contributed by atoms with Crippen molar-refractivity contribution in [1.29, 1.82) is 0 Å². The van der Waals surface area contributed by atoms with Gasteiger partial charge in [-0.3, -0.25) is 4.99 Å². The van der Waals surface area contributed by atoms with Crippen LogP contribution >= 0.6 is 47.3 Å². The first kappa shape index (κ1) is 20.8. The summed E-state index contributed by atoms with van der Waals surface area (Å²) in [4.78, 5) is 4.24. The first-order valence-corrected chi connectivity index (χ1v) is 8.94. The third kappa shape index (κ3) is 5.67. The van der Waals surface area contributed by atoms with Crippen LogP contribution < -0.4 is 10.6 Å². The Morgan fingerprint density at radius 1 is 1.48 bits per heavy atom. The van der Waals surface area contributed by atoms with Crippen molar-refractivity contribution >= 4 is 53.3 Å². The number of halogens is 3. The predicted octanol–water partition coefficient (Wildman–Crippen LogP) is 4.26. The van der Waals surface area contributed by atoms with E-state index >= 15 is 0 Å².